The molecule has 1 amide bonds. The molecule has 1 aromatic carbocycles. The zero-order valence-corrected chi connectivity index (χ0v) is 12.6. The van der Waals surface area contributed by atoms with Gasteiger partial charge in [0.1, 0.15) is 0 Å². The molecule has 1 saturated heterocycles. The highest BCUT2D eigenvalue weighted by atomic mass is 16.3. The third kappa shape index (κ3) is 3.19. The molecule has 4 heteroatoms. The van der Waals surface area contributed by atoms with Gasteiger partial charge in [-0.25, -0.2) is 0 Å². The van der Waals surface area contributed by atoms with E-state index >= 15 is 0 Å². The highest BCUT2D eigenvalue weighted by Gasteiger charge is 2.30. The van der Waals surface area contributed by atoms with Crippen LogP contribution >= 0.6 is 0 Å². The normalized spacial score (nSPS) is 19.3. The molecule has 2 rings (SSSR count). The second-order valence-electron chi connectivity index (χ2n) is 5.68. The first-order chi connectivity index (χ1) is 9.52. The molecule has 0 spiro atoms. The Morgan fingerprint density at radius 3 is 2.60 bits per heavy atom. The predicted molar refractivity (Wildman–Crippen MR) is 81.0 cm³/mol. The van der Waals surface area contributed by atoms with Crippen molar-refractivity contribution in [2.24, 2.45) is 0 Å². The first-order valence-corrected chi connectivity index (χ1v) is 7.26. The van der Waals surface area contributed by atoms with E-state index in [4.69, 9.17) is 5.11 Å². The zero-order valence-electron chi connectivity index (χ0n) is 12.6. The van der Waals surface area contributed by atoms with E-state index in [9.17, 15) is 4.79 Å². The summed E-state index contributed by atoms with van der Waals surface area (Å²) in [5, 5.41) is 12.1. The van der Waals surface area contributed by atoms with E-state index in [2.05, 4.69) is 29.3 Å². The lowest BCUT2D eigenvalue weighted by atomic mass is 10.0. The van der Waals surface area contributed by atoms with E-state index in [1.54, 1.807) is 0 Å². The van der Waals surface area contributed by atoms with Gasteiger partial charge in [-0.05, 0) is 51.3 Å². The summed E-state index contributed by atoms with van der Waals surface area (Å²) in [7, 11) is 0. The number of carbonyl (C=O) groups excluding carboxylic acids is 1. The van der Waals surface area contributed by atoms with Gasteiger partial charge in [-0.15, -0.1) is 0 Å². The quantitative estimate of drug-likeness (QED) is 0.884. The number of amides is 1. The molecule has 20 heavy (non-hydrogen) atoms. The Morgan fingerprint density at radius 2 is 2.00 bits per heavy atom. The SMILES string of the molecule is Cc1cc(C)c(NC(=O)[C@@H]2CCCN2CCO)c(C)c1. The largest absolute Gasteiger partial charge is 0.395 e. The molecule has 0 unspecified atom stereocenters. The molecule has 1 atom stereocenters. The average Bonchev–Trinajstić information content (AvgIpc) is 2.82. The molecular weight excluding hydrogens is 252 g/mol. The van der Waals surface area contributed by atoms with Gasteiger partial charge in [-0.3, -0.25) is 9.69 Å². The second-order valence-corrected chi connectivity index (χ2v) is 5.68. The summed E-state index contributed by atoms with van der Waals surface area (Å²) in [5.41, 5.74) is 4.34. The van der Waals surface area contributed by atoms with E-state index in [0.717, 1.165) is 36.2 Å². The maximum Gasteiger partial charge on any atom is 0.241 e. The molecule has 0 aliphatic carbocycles. The van der Waals surface area contributed by atoms with E-state index in [-0.39, 0.29) is 18.6 Å². The monoisotopic (exact) mass is 276 g/mol. The number of hydrogen-bond donors (Lipinski definition) is 2. The van der Waals surface area contributed by atoms with Crippen LogP contribution in [0.15, 0.2) is 12.1 Å². The van der Waals surface area contributed by atoms with Gasteiger partial charge in [0, 0.05) is 12.2 Å². The van der Waals surface area contributed by atoms with Gasteiger partial charge in [-0.2, -0.15) is 0 Å². The van der Waals surface area contributed by atoms with Crippen LogP contribution in [0.25, 0.3) is 0 Å². The number of anilines is 1. The Bertz CT molecular complexity index is 476. The Hall–Kier alpha value is -1.39. The minimum atomic E-state index is -0.109. The number of nitrogens with one attached hydrogen (secondary N) is 1. The van der Waals surface area contributed by atoms with Gasteiger partial charge in [0.05, 0.1) is 12.6 Å². The number of likely N-dealkylation sites (tertiary alicyclic amines) is 1. The lowest BCUT2D eigenvalue weighted by Crippen LogP contribution is -2.41. The van der Waals surface area contributed by atoms with Crippen LogP contribution in [-0.2, 0) is 4.79 Å². The maximum absolute atomic E-state index is 12.5. The van der Waals surface area contributed by atoms with Gasteiger partial charge in [0.2, 0.25) is 5.91 Å². The first kappa shape index (κ1) is 15.0. The van der Waals surface area contributed by atoms with Crippen molar-refractivity contribution in [3.8, 4) is 0 Å². The predicted octanol–water partition coefficient (Wildman–Crippen LogP) is 2.01. The van der Waals surface area contributed by atoms with E-state index in [1.165, 1.54) is 5.56 Å². The number of rotatable bonds is 4. The summed E-state index contributed by atoms with van der Waals surface area (Å²) in [4.78, 5) is 14.5. The van der Waals surface area contributed by atoms with Gasteiger partial charge in [0.25, 0.3) is 0 Å². The van der Waals surface area contributed by atoms with Crippen molar-refractivity contribution in [3.63, 3.8) is 0 Å². The summed E-state index contributed by atoms with van der Waals surface area (Å²) >= 11 is 0. The first-order valence-electron chi connectivity index (χ1n) is 7.26. The minimum absolute atomic E-state index is 0.0472. The highest BCUT2D eigenvalue weighted by molar-refractivity contribution is 5.96. The number of carbonyl (C=O) groups is 1. The molecule has 1 heterocycles. The molecule has 0 saturated carbocycles. The Balaban J connectivity index is 2.12. The Labute approximate surface area is 120 Å². The number of benzene rings is 1. The third-order valence-electron chi connectivity index (χ3n) is 3.98. The van der Waals surface area contributed by atoms with Crippen molar-refractivity contribution in [1.29, 1.82) is 0 Å². The molecule has 0 radical (unpaired) electrons. The summed E-state index contributed by atoms with van der Waals surface area (Å²) < 4.78 is 0. The maximum atomic E-state index is 12.5. The van der Waals surface area contributed by atoms with Crippen LogP contribution in [0.1, 0.15) is 29.5 Å². The number of aliphatic hydroxyl groups excluding tert-OH is 1. The Kier molecular flexibility index (Phi) is 4.78. The number of nitrogens with zero attached hydrogens (tertiary/aromatic N) is 1. The topological polar surface area (TPSA) is 52.6 Å². The van der Waals surface area contributed by atoms with Gasteiger partial charge in [-0.1, -0.05) is 17.7 Å². The summed E-state index contributed by atoms with van der Waals surface area (Å²) in [6.07, 6.45) is 1.89. The lowest BCUT2D eigenvalue weighted by Gasteiger charge is -2.23. The number of aryl methyl sites for hydroxylation is 3. The van der Waals surface area contributed by atoms with Crippen LogP contribution in [0.2, 0.25) is 0 Å². The molecule has 1 aliphatic heterocycles. The molecule has 1 aliphatic rings. The van der Waals surface area contributed by atoms with Crippen LogP contribution in [0.3, 0.4) is 0 Å². The summed E-state index contributed by atoms with van der Waals surface area (Å²) in [5.74, 6) is 0.0472. The fourth-order valence-electron chi connectivity index (χ4n) is 3.10. The van der Waals surface area contributed by atoms with Gasteiger partial charge < -0.3 is 10.4 Å². The molecule has 0 aromatic heterocycles. The number of aliphatic hydroxyl groups is 1. The summed E-state index contributed by atoms with van der Waals surface area (Å²) in [6.45, 7) is 7.68. The zero-order chi connectivity index (χ0) is 14.7. The molecule has 2 N–H and O–H groups in total. The molecular formula is C16H24N2O2. The van der Waals surface area contributed by atoms with Gasteiger partial charge in [0.15, 0.2) is 0 Å². The lowest BCUT2D eigenvalue weighted by molar-refractivity contribution is -0.120. The third-order valence-corrected chi connectivity index (χ3v) is 3.98. The fraction of sp³-hybridized carbons (Fsp3) is 0.562. The van der Waals surface area contributed by atoms with Crippen LogP contribution in [-0.4, -0.2) is 41.7 Å². The van der Waals surface area contributed by atoms with Crippen LogP contribution < -0.4 is 5.32 Å². The van der Waals surface area contributed by atoms with E-state index in [0.29, 0.717) is 6.54 Å². The molecule has 0 bridgehead atoms. The fourth-order valence-corrected chi connectivity index (χ4v) is 3.10. The second kappa shape index (κ2) is 6.37. The van der Waals surface area contributed by atoms with Crippen LogP contribution in [0.5, 0.6) is 0 Å². The van der Waals surface area contributed by atoms with Crippen molar-refractivity contribution in [3.05, 3.63) is 28.8 Å². The minimum Gasteiger partial charge on any atom is -0.395 e. The van der Waals surface area contributed by atoms with Crippen LogP contribution in [0.4, 0.5) is 5.69 Å². The average molecular weight is 276 g/mol. The number of β-amino-alcohol motifs (C(OH)–C–C–N with tert-alkyl or cyclic N) is 1. The highest BCUT2D eigenvalue weighted by Crippen LogP contribution is 2.24. The standard InChI is InChI=1S/C16H24N2O2/c1-11-9-12(2)15(13(3)10-11)17-16(20)14-5-4-6-18(14)7-8-19/h9-10,14,19H,4-8H2,1-3H3,(H,17,20)/t14-/m0/s1. The van der Waals surface area contributed by atoms with Crippen LogP contribution in [0, 0.1) is 20.8 Å². The van der Waals surface area contributed by atoms with E-state index in [1.807, 2.05) is 13.8 Å². The van der Waals surface area contributed by atoms with Crippen molar-refractivity contribution in [2.45, 2.75) is 39.7 Å². The molecule has 4 nitrogen and oxygen atoms in total. The van der Waals surface area contributed by atoms with Crippen molar-refractivity contribution in [2.75, 3.05) is 25.0 Å². The van der Waals surface area contributed by atoms with Crippen molar-refractivity contribution in [1.82, 2.24) is 4.90 Å². The molecule has 1 fully saturated rings. The van der Waals surface area contributed by atoms with E-state index < -0.39 is 0 Å². The van der Waals surface area contributed by atoms with Crippen molar-refractivity contribution < 1.29 is 9.90 Å². The van der Waals surface area contributed by atoms with Gasteiger partial charge >= 0.3 is 0 Å². The Morgan fingerprint density at radius 1 is 1.35 bits per heavy atom. The molecule has 110 valence electrons. The molecule has 1 aromatic rings. The number of hydrogen-bond acceptors (Lipinski definition) is 3. The smallest absolute Gasteiger partial charge is 0.241 e. The summed E-state index contributed by atoms with van der Waals surface area (Å²) in [6, 6.07) is 4.06. The van der Waals surface area contributed by atoms with Crippen molar-refractivity contribution >= 4 is 11.6 Å².